The van der Waals surface area contributed by atoms with E-state index in [1.54, 1.807) is 0 Å². The summed E-state index contributed by atoms with van der Waals surface area (Å²) in [4.78, 5) is 25.3. The van der Waals surface area contributed by atoms with Crippen LogP contribution in [0, 0.1) is 5.92 Å². The van der Waals surface area contributed by atoms with Gasteiger partial charge < -0.3 is 11.1 Å². The lowest BCUT2D eigenvalue weighted by Gasteiger charge is -2.30. The van der Waals surface area contributed by atoms with Crippen LogP contribution >= 0.6 is 15.9 Å². The van der Waals surface area contributed by atoms with Crippen molar-refractivity contribution in [3.8, 4) is 0 Å². The molecule has 0 aliphatic carbocycles. The smallest absolute Gasteiger partial charge is 0.234 e. The predicted octanol–water partition coefficient (Wildman–Crippen LogP) is 1.82. The van der Waals surface area contributed by atoms with Gasteiger partial charge in [-0.1, -0.05) is 28.1 Å². The Morgan fingerprint density at radius 1 is 1.32 bits per heavy atom. The molecular formula is C16H22BrN3O2. The van der Waals surface area contributed by atoms with Gasteiger partial charge in [-0.25, -0.2) is 0 Å². The zero-order chi connectivity index (χ0) is 16.1. The van der Waals surface area contributed by atoms with Crippen molar-refractivity contribution in [2.45, 2.75) is 25.8 Å². The van der Waals surface area contributed by atoms with Gasteiger partial charge in [0.1, 0.15) is 0 Å². The number of halogens is 1. The molecule has 0 saturated carbocycles. The second-order valence-electron chi connectivity index (χ2n) is 5.79. The molecule has 0 radical (unpaired) electrons. The standard InChI is InChI=1S/C16H22BrN3O2/c1-11(12-2-4-14(17)5-3-12)19-15(21)10-20-8-6-13(7-9-20)16(18)22/h2-5,11,13H,6-10H2,1H3,(H2,18,22)(H,19,21). The number of benzene rings is 1. The first-order valence-electron chi connectivity index (χ1n) is 7.52. The molecule has 22 heavy (non-hydrogen) atoms. The summed E-state index contributed by atoms with van der Waals surface area (Å²) in [6.07, 6.45) is 1.48. The highest BCUT2D eigenvalue weighted by molar-refractivity contribution is 9.10. The van der Waals surface area contributed by atoms with Gasteiger partial charge in [0, 0.05) is 10.4 Å². The fraction of sp³-hybridized carbons (Fsp3) is 0.500. The summed E-state index contributed by atoms with van der Waals surface area (Å²) in [5.41, 5.74) is 6.39. The number of nitrogens with one attached hydrogen (secondary N) is 1. The van der Waals surface area contributed by atoms with Gasteiger partial charge in [0.2, 0.25) is 11.8 Å². The van der Waals surface area contributed by atoms with Crippen molar-refractivity contribution in [2.24, 2.45) is 11.7 Å². The third-order valence-corrected chi connectivity index (χ3v) is 4.63. The van der Waals surface area contributed by atoms with Gasteiger partial charge in [-0.3, -0.25) is 14.5 Å². The van der Waals surface area contributed by atoms with E-state index in [1.807, 2.05) is 31.2 Å². The number of carbonyl (C=O) groups excluding carboxylic acids is 2. The quantitative estimate of drug-likeness (QED) is 0.833. The van der Waals surface area contributed by atoms with Crippen molar-refractivity contribution in [2.75, 3.05) is 19.6 Å². The first kappa shape index (κ1) is 17.0. The number of carbonyl (C=O) groups is 2. The lowest BCUT2D eigenvalue weighted by Crippen LogP contribution is -2.44. The summed E-state index contributed by atoms with van der Waals surface area (Å²) < 4.78 is 1.02. The van der Waals surface area contributed by atoms with Crippen LogP contribution in [0.5, 0.6) is 0 Å². The fourth-order valence-corrected chi connectivity index (χ4v) is 2.96. The summed E-state index contributed by atoms with van der Waals surface area (Å²) in [6, 6.07) is 7.89. The van der Waals surface area contributed by atoms with E-state index in [0.717, 1.165) is 36.0 Å². The molecule has 1 aliphatic heterocycles. The van der Waals surface area contributed by atoms with E-state index in [4.69, 9.17) is 5.73 Å². The number of nitrogens with two attached hydrogens (primary N) is 1. The average molecular weight is 368 g/mol. The molecule has 2 rings (SSSR count). The molecule has 120 valence electrons. The minimum atomic E-state index is -0.229. The third-order valence-electron chi connectivity index (χ3n) is 4.10. The number of primary amides is 1. The second kappa shape index (κ2) is 7.74. The molecule has 1 fully saturated rings. The highest BCUT2D eigenvalue weighted by Gasteiger charge is 2.24. The van der Waals surface area contributed by atoms with E-state index in [-0.39, 0.29) is 23.8 Å². The maximum Gasteiger partial charge on any atom is 0.234 e. The van der Waals surface area contributed by atoms with E-state index in [2.05, 4.69) is 26.1 Å². The zero-order valence-electron chi connectivity index (χ0n) is 12.7. The van der Waals surface area contributed by atoms with Crippen LogP contribution in [0.1, 0.15) is 31.4 Å². The minimum absolute atomic E-state index is 0.00736. The van der Waals surface area contributed by atoms with Crippen molar-refractivity contribution in [1.29, 1.82) is 0 Å². The lowest BCUT2D eigenvalue weighted by atomic mass is 9.96. The van der Waals surface area contributed by atoms with Gasteiger partial charge in [0.25, 0.3) is 0 Å². The molecule has 1 atom stereocenters. The molecule has 0 bridgehead atoms. The topological polar surface area (TPSA) is 75.4 Å². The maximum atomic E-state index is 12.1. The van der Waals surface area contributed by atoms with Gasteiger partial charge in [-0.15, -0.1) is 0 Å². The molecule has 6 heteroatoms. The first-order valence-corrected chi connectivity index (χ1v) is 8.31. The molecule has 1 unspecified atom stereocenters. The SMILES string of the molecule is CC(NC(=O)CN1CCC(C(N)=O)CC1)c1ccc(Br)cc1. The Kier molecular flexibility index (Phi) is 5.97. The molecule has 0 spiro atoms. The van der Waals surface area contributed by atoms with Crippen LogP contribution in [0.15, 0.2) is 28.7 Å². The van der Waals surface area contributed by atoms with E-state index in [0.29, 0.717) is 6.54 Å². The van der Waals surface area contributed by atoms with Crippen molar-refractivity contribution >= 4 is 27.7 Å². The molecular weight excluding hydrogens is 346 g/mol. The predicted molar refractivity (Wildman–Crippen MR) is 89.1 cm³/mol. The number of amides is 2. The molecule has 1 aromatic rings. The highest BCUT2D eigenvalue weighted by Crippen LogP contribution is 2.18. The molecule has 1 heterocycles. The Balaban J connectivity index is 1.78. The monoisotopic (exact) mass is 367 g/mol. The molecule has 5 nitrogen and oxygen atoms in total. The van der Waals surface area contributed by atoms with Crippen LogP contribution in [0.4, 0.5) is 0 Å². The summed E-state index contributed by atoms with van der Waals surface area (Å²) in [6.45, 7) is 3.83. The minimum Gasteiger partial charge on any atom is -0.369 e. The molecule has 1 aromatic carbocycles. The van der Waals surface area contributed by atoms with E-state index < -0.39 is 0 Å². The van der Waals surface area contributed by atoms with Crippen LogP contribution in [0.2, 0.25) is 0 Å². The summed E-state index contributed by atoms with van der Waals surface area (Å²) in [5.74, 6) is -0.262. The Hall–Kier alpha value is -1.40. The van der Waals surface area contributed by atoms with Crippen molar-refractivity contribution < 1.29 is 9.59 Å². The van der Waals surface area contributed by atoms with Crippen LogP contribution in [0.3, 0.4) is 0 Å². The number of hydrogen-bond acceptors (Lipinski definition) is 3. The van der Waals surface area contributed by atoms with Gasteiger partial charge >= 0.3 is 0 Å². The maximum absolute atomic E-state index is 12.1. The first-order chi connectivity index (χ1) is 10.5. The fourth-order valence-electron chi connectivity index (χ4n) is 2.70. The van der Waals surface area contributed by atoms with Crippen LogP contribution in [0.25, 0.3) is 0 Å². The summed E-state index contributed by atoms with van der Waals surface area (Å²) in [7, 11) is 0. The van der Waals surface area contributed by atoms with Crippen LogP contribution in [-0.4, -0.2) is 36.3 Å². The number of rotatable bonds is 5. The summed E-state index contributed by atoms with van der Waals surface area (Å²) in [5, 5.41) is 3.01. The Morgan fingerprint density at radius 2 is 1.91 bits per heavy atom. The largest absolute Gasteiger partial charge is 0.369 e. The Morgan fingerprint density at radius 3 is 2.45 bits per heavy atom. The highest BCUT2D eigenvalue weighted by atomic mass is 79.9. The van der Waals surface area contributed by atoms with Crippen molar-refractivity contribution in [3.63, 3.8) is 0 Å². The molecule has 0 aromatic heterocycles. The third kappa shape index (κ3) is 4.81. The van der Waals surface area contributed by atoms with Crippen LogP contribution in [-0.2, 0) is 9.59 Å². The Bertz CT molecular complexity index is 525. The zero-order valence-corrected chi connectivity index (χ0v) is 14.3. The molecule has 2 amide bonds. The van der Waals surface area contributed by atoms with Gasteiger partial charge in [-0.2, -0.15) is 0 Å². The van der Waals surface area contributed by atoms with Gasteiger partial charge in [0.15, 0.2) is 0 Å². The number of nitrogens with zero attached hydrogens (tertiary/aromatic N) is 1. The normalized spacial score (nSPS) is 17.9. The number of hydrogen-bond donors (Lipinski definition) is 2. The Labute approximate surface area is 139 Å². The number of piperidine rings is 1. The van der Waals surface area contributed by atoms with E-state index in [1.165, 1.54) is 0 Å². The molecule has 3 N–H and O–H groups in total. The summed E-state index contributed by atoms with van der Waals surface area (Å²) >= 11 is 3.40. The van der Waals surface area contributed by atoms with Crippen molar-refractivity contribution in [1.82, 2.24) is 10.2 Å². The van der Waals surface area contributed by atoms with Gasteiger partial charge in [0.05, 0.1) is 12.6 Å². The van der Waals surface area contributed by atoms with Gasteiger partial charge in [-0.05, 0) is 50.6 Å². The second-order valence-corrected chi connectivity index (χ2v) is 6.71. The number of likely N-dealkylation sites (tertiary alicyclic amines) is 1. The van der Waals surface area contributed by atoms with Crippen molar-refractivity contribution in [3.05, 3.63) is 34.3 Å². The van der Waals surface area contributed by atoms with E-state index in [9.17, 15) is 9.59 Å². The molecule has 1 saturated heterocycles. The lowest BCUT2D eigenvalue weighted by molar-refractivity contribution is -0.124. The van der Waals surface area contributed by atoms with E-state index >= 15 is 0 Å². The van der Waals surface area contributed by atoms with Crippen LogP contribution < -0.4 is 11.1 Å². The molecule has 1 aliphatic rings. The average Bonchev–Trinajstić information content (AvgIpc) is 2.48.